The molecule has 1 aliphatic heterocycles. The number of aromatic nitrogens is 1. The molecule has 1 aromatic heterocycles. The lowest BCUT2D eigenvalue weighted by atomic mass is 9.91. The normalized spacial score (nSPS) is 15.0. The van der Waals surface area contributed by atoms with Crippen LogP contribution >= 0.6 is 11.6 Å². The molecule has 5 aromatic rings. The number of aryl methyl sites for hydroxylation is 1. The first-order valence-electron chi connectivity index (χ1n) is 12.4. The summed E-state index contributed by atoms with van der Waals surface area (Å²) in [7, 11) is 0. The summed E-state index contributed by atoms with van der Waals surface area (Å²) >= 11 is 6.38. The molecule has 0 fully saturated rings. The molecule has 0 bridgehead atoms. The average Bonchev–Trinajstić information content (AvgIpc) is 3.40. The minimum atomic E-state index is -0.128. The minimum absolute atomic E-state index is 0.00102. The molecule has 2 heterocycles. The van der Waals surface area contributed by atoms with Gasteiger partial charge in [-0.15, -0.1) is 0 Å². The summed E-state index contributed by atoms with van der Waals surface area (Å²) in [6.45, 7) is 2.09. The third kappa shape index (κ3) is 4.68. The van der Waals surface area contributed by atoms with E-state index in [-0.39, 0.29) is 11.6 Å². The lowest BCUT2D eigenvalue weighted by Gasteiger charge is -2.14. The topological polar surface area (TPSA) is 57.2 Å². The van der Waals surface area contributed by atoms with Crippen molar-refractivity contribution in [3.05, 3.63) is 140 Å². The van der Waals surface area contributed by atoms with Crippen molar-refractivity contribution < 1.29 is 0 Å². The van der Waals surface area contributed by atoms with Crippen LogP contribution in [0, 0.1) is 6.92 Å². The summed E-state index contributed by atoms with van der Waals surface area (Å²) in [5.74, 6) is 0. The fourth-order valence-electron chi connectivity index (χ4n) is 5.07. The van der Waals surface area contributed by atoms with Crippen molar-refractivity contribution in [1.82, 2.24) is 10.4 Å². The molecule has 0 saturated carbocycles. The van der Waals surface area contributed by atoms with Crippen LogP contribution in [-0.4, -0.2) is 10.7 Å². The molecule has 4 aromatic carbocycles. The molecule has 37 heavy (non-hydrogen) atoms. The highest BCUT2D eigenvalue weighted by Gasteiger charge is 2.26. The summed E-state index contributed by atoms with van der Waals surface area (Å²) in [6.07, 6.45) is 1.24. The molecule has 1 aliphatic rings. The number of pyridine rings is 1. The maximum Gasteiger partial charge on any atom is 0.257 e. The van der Waals surface area contributed by atoms with Crippen LogP contribution in [0.1, 0.15) is 40.3 Å². The predicted octanol–water partition coefficient (Wildman–Crippen LogP) is 7.19. The van der Waals surface area contributed by atoms with E-state index in [9.17, 15) is 4.79 Å². The molecule has 182 valence electrons. The van der Waals surface area contributed by atoms with E-state index in [1.54, 1.807) is 6.07 Å². The van der Waals surface area contributed by atoms with Gasteiger partial charge in [0.05, 0.1) is 17.3 Å². The first-order valence-corrected chi connectivity index (χ1v) is 12.8. The maximum absolute atomic E-state index is 13.4. The summed E-state index contributed by atoms with van der Waals surface area (Å²) in [6, 6.07) is 32.9. The van der Waals surface area contributed by atoms with Gasteiger partial charge in [0.15, 0.2) is 0 Å². The Hall–Kier alpha value is -4.15. The highest BCUT2D eigenvalue weighted by molar-refractivity contribution is 6.31. The van der Waals surface area contributed by atoms with Crippen LogP contribution in [-0.2, 0) is 6.42 Å². The first kappa shape index (κ1) is 23.3. The molecule has 1 atom stereocenters. The van der Waals surface area contributed by atoms with Crippen molar-refractivity contribution in [2.24, 2.45) is 5.10 Å². The second kappa shape index (κ2) is 9.72. The Morgan fingerprint density at radius 3 is 2.32 bits per heavy atom. The van der Waals surface area contributed by atoms with E-state index in [2.05, 4.69) is 83.1 Å². The van der Waals surface area contributed by atoms with Gasteiger partial charge in [-0.05, 0) is 59.4 Å². The van der Waals surface area contributed by atoms with Gasteiger partial charge in [-0.3, -0.25) is 4.79 Å². The Bertz CT molecular complexity index is 1670. The Balaban J connectivity index is 1.33. The van der Waals surface area contributed by atoms with E-state index in [0.29, 0.717) is 23.4 Å². The zero-order chi connectivity index (χ0) is 25.4. The number of H-pyrrole nitrogens is 1. The van der Waals surface area contributed by atoms with Crippen molar-refractivity contribution in [3.8, 4) is 11.1 Å². The van der Waals surface area contributed by atoms with Gasteiger partial charge >= 0.3 is 0 Å². The lowest BCUT2D eigenvalue weighted by Crippen LogP contribution is -2.21. The van der Waals surface area contributed by atoms with Gasteiger partial charge in [0.1, 0.15) is 0 Å². The number of nitrogens with zero attached hydrogens (tertiary/aromatic N) is 1. The summed E-state index contributed by atoms with van der Waals surface area (Å²) in [5, 5.41) is 6.24. The molecule has 1 unspecified atom stereocenters. The van der Waals surface area contributed by atoms with E-state index in [0.717, 1.165) is 33.3 Å². The maximum atomic E-state index is 13.4. The van der Waals surface area contributed by atoms with Crippen LogP contribution in [0.3, 0.4) is 0 Å². The Labute approximate surface area is 220 Å². The molecule has 0 aliphatic carbocycles. The number of benzene rings is 4. The van der Waals surface area contributed by atoms with Gasteiger partial charge in [0.25, 0.3) is 5.56 Å². The van der Waals surface area contributed by atoms with E-state index >= 15 is 0 Å². The number of fused-ring (bicyclic) bond motifs is 1. The third-order valence-electron chi connectivity index (χ3n) is 7.05. The van der Waals surface area contributed by atoms with Crippen LogP contribution in [0.15, 0.2) is 107 Å². The number of aromatic amines is 1. The fraction of sp³-hybridized carbons (Fsp3) is 0.125. The number of hydrazone groups is 1. The van der Waals surface area contributed by atoms with Crippen molar-refractivity contribution in [2.75, 3.05) is 0 Å². The zero-order valence-corrected chi connectivity index (χ0v) is 21.2. The summed E-state index contributed by atoms with van der Waals surface area (Å²) in [5.41, 5.74) is 12.2. The third-order valence-corrected chi connectivity index (χ3v) is 7.28. The molecule has 0 saturated heterocycles. The van der Waals surface area contributed by atoms with E-state index in [4.69, 9.17) is 11.6 Å². The largest absolute Gasteiger partial charge is 0.321 e. The quantitative estimate of drug-likeness (QED) is 0.267. The number of hydrogen-bond acceptors (Lipinski definition) is 3. The van der Waals surface area contributed by atoms with Crippen molar-refractivity contribution in [1.29, 1.82) is 0 Å². The highest BCUT2D eigenvalue weighted by Crippen LogP contribution is 2.30. The predicted molar refractivity (Wildman–Crippen MR) is 152 cm³/mol. The van der Waals surface area contributed by atoms with Crippen molar-refractivity contribution >= 4 is 28.2 Å². The zero-order valence-electron chi connectivity index (χ0n) is 20.5. The second-order valence-corrected chi connectivity index (χ2v) is 10.0. The molecule has 0 amide bonds. The van der Waals surface area contributed by atoms with Gasteiger partial charge in [0, 0.05) is 22.3 Å². The number of hydrogen-bond donors (Lipinski definition) is 2. The molecule has 2 N–H and O–H groups in total. The van der Waals surface area contributed by atoms with E-state index < -0.39 is 0 Å². The highest BCUT2D eigenvalue weighted by atomic mass is 35.5. The standard InChI is InChI=1S/C32H26ClN3O/c1-20-7-9-22(10-8-20)23-11-13-24(14-12-23)29-19-30(36-35-29)31-27(17-21-5-3-2-4-6-21)26-18-25(33)15-16-28(26)34-32(31)37/h2-16,18,29,35H,17,19H2,1H3,(H,34,37). The average molecular weight is 504 g/mol. The number of rotatable bonds is 5. The Kier molecular flexibility index (Phi) is 6.11. The SMILES string of the molecule is Cc1ccc(-c2ccc(C3CC(c4c(Cc5ccccc5)c5cc(Cl)ccc5[nH]c4=O)=NN3)cc2)cc1. The monoisotopic (exact) mass is 503 g/mol. The smallest absolute Gasteiger partial charge is 0.257 e. The molecular formula is C32H26ClN3O. The van der Waals surface area contributed by atoms with Crippen LogP contribution in [0.25, 0.3) is 22.0 Å². The fourth-order valence-corrected chi connectivity index (χ4v) is 5.24. The minimum Gasteiger partial charge on any atom is -0.321 e. The van der Waals surface area contributed by atoms with Crippen LogP contribution < -0.4 is 11.0 Å². The number of halogens is 1. The van der Waals surface area contributed by atoms with E-state index in [1.807, 2.05) is 30.3 Å². The Morgan fingerprint density at radius 1 is 0.892 bits per heavy atom. The van der Waals surface area contributed by atoms with Gasteiger partial charge in [0.2, 0.25) is 0 Å². The van der Waals surface area contributed by atoms with Crippen LogP contribution in [0.2, 0.25) is 5.02 Å². The number of nitrogens with one attached hydrogen (secondary N) is 2. The van der Waals surface area contributed by atoms with Gasteiger partial charge < -0.3 is 10.4 Å². The van der Waals surface area contributed by atoms with Gasteiger partial charge in [-0.2, -0.15) is 5.10 Å². The molecule has 5 heteroatoms. The van der Waals surface area contributed by atoms with Crippen molar-refractivity contribution in [2.45, 2.75) is 25.8 Å². The van der Waals surface area contributed by atoms with Crippen molar-refractivity contribution in [3.63, 3.8) is 0 Å². The lowest BCUT2D eigenvalue weighted by molar-refractivity contribution is 0.620. The Morgan fingerprint density at radius 2 is 1.59 bits per heavy atom. The van der Waals surface area contributed by atoms with Gasteiger partial charge in [-0.1, -0.05) is 96.0 Å². The van der Waals surface area contributed by atoms with Crippen LogP contribution in [0.4, 0.5) is 0 Å². The second-order valence-electron chi connectivity index (χ2n) is 9.59. The van der Waals surface area contributed by atoms with Crippen LogP contribution in [0.5, 0.6) is 0 Å². The summed E-state index contributed by atoms with van der Waals surface area (Å²) < 4.78 is 0. The molecule has 0 radical (unpaired) electrons. The molecular weight excluding hydrogens is 478 g/mol. The van der Waals surface area contributed by atoms with Gasteiger partial charge in [-0.25, -0.2) is 0 Å². The summed E-state index contributed by atoms with van der Waals surface area (Å²) in [4.78, 5) is 16.4. The molecule has 4 nitrogen and oxygen atoms in total. The molecule has 6 rings (SSSR count). The first-order chi connectivity index (χ1) is 18.0. The van der Waals surface area contributed by atoms with E-state index in [1.165, 1.54) is 16.7 Å². The molecule has 0 spiro atoms.